The number of aryl methyl sites for hydroxylation is 1. The highest BCUT2D eigenvalue weighted by Crippen LogP contribution is 2.39. The molecular formula is C13H19N5. The molecule has 5 heteroatoms. The van der Waals surface area contributed by atoms with Crippen LogP contribution in [0.3, 0.4) is 0 Å². The Kier molecular flexibility index (Phi) is 2.91. The lowest BCUT2D eigenvalue weighted by Gasteiger charge is -2.08. The van der Waals surface area contributed by atoms with Gasteiger partial charge in [-0.2, -0.15) is 9.61 Å². The van der Waals surface area contributed by atoms with E-state index in [1.165, 1.54) is 18.5 Å². The molecule has 0 amide bonds. The van der Waals surface area contributed by atoms with Crippen molar-refractivity contribution < 1.29 is 0 Å². The second-order valence-electron chi connectivity index (χ2n) is 4.82. The average Bonchev–Trinajstić information content (AvgIpc) is 3.15. The van der Waals surface area contributed by atoms with Crippen molar-refractivity contribution in [3.63, 3.8) is 0 Å². The third-order valence-electron chi connectivity index (χ3n) is 3.31. The van der Waals surface area contributed by atoms with Crippen LogP contribution < -0.4 is 11.1 Å². The zero-order chi connectivity index (χ0) is 12.5. The van der Waals surface area contributed by atoms with Gasteiger partial charge < -0.3 is 11.1 Å². The molecule has 0 spiro atoms. The maximum Gasteiger partial charge on any atom is 0.157 e. The van der Waals surface area contributed by atoms with Crippen molar-refractivity contribution >= 4 is 11.5 Å². The maximum absolute atomic E-state index is 5.55. The van der Waals surface area contributed by atoms with Crippen LogP contribution in [0.2, 0.25) is 0 Å². The average molecular weight is 245 g/mol. The van der Waals surface area contributed by atoms with Gasteiger partial charge in [0.15, 0.2) is 5.65 Å². The number of hydrogen-bond acceptors (Lipinski definition) is 4. The summed E-state index contributed by atoms with van der Waals surface area (Å²) in [5, 5.41) is 7.97. The monoisotopic (exact) mass is 245 g/mol. The highest BCUT2D eigenvalue weighted by atomic mass is 15.3. The lowest BCUT2D eigenvalue weighted by molar-refractivity contribution is 0.862. The SMILES string of the molecule is CCc1cc(NCCN)n2nc(C3CC3)cc2n1. The van der Waals surface area contributed by atoms with Crippen LogP contribution in [-0.2, 0) is 6.42 Å². The minimum absolute atomic E-state index is 0.613. The Hall–Kier alpha value is -1.62. The third kappa shape index (κ3) is 2.06. The molecule has 0 bridgehead atoms. The largest absolute Gasteiger partial charge is 0.369 e. The summed E-state index contributed by atoms with van der Waals surface area (Å²) in [7, 11) is 0. The van der Waals surface area contributed by atoms with Crippen LogP contribution in [0.15, 0.2) is 12.1 Å². The first-order valence-electron chi connectivity index (χ1n) is 6.65. The van der Waals surface area contributed by atoms with Crippen LogP contribution >= 0.6 is 0 Å². The normalized spacial score (nSPS) is 15.2. The molecule has 1 aliphatic rings. The first-order valence-corrected chi connectivity index (χ1v) is 6.65. The van der Waals surface area contributed by atoms with Crippen molar-refractivity contribution in [2.24, 2.45) is 5.73 Å². The van der Waals surface area contributed by atoms with Gasteiger partial charge in [0, 0.05) is 36.8 Å². The van der Waals surface area contributed by atoms with Gasteiger partial charge >= 0.3 is 0 Å². The fourth-order valence-corrected chi connectivity index (χ4v) is 2.13. The van der Waals surface area contributed by atoms with Gasteiger partial charge in [-0.05, 0) is 19.3 Å². The van der Waals surface area contributed by atoms with Gasteiger partial charge in [0.1, 0.15) is 5.82 Å². The first-order chi connectivity index (χ1) is 8.81. The molecule has 3 rings (SSSR count). The molecule has 18 heavy (non-hydrogen) atoms. The smallest absolute Gasteiger partial charge is 0.157 e. The summed E-state index contributed by atoms with van der Waals surface area (Å²) >= 11 is 0. The Balaban J connectivity index is 2.05. The number of fused-ring (bicyclic) bond motifs is 1. The summed E-state index contributed by atoms with van der Waals surface area (Å²) in [5.74, 6) is 1.65. The molecule has 0 aliphatic heterocycles. The van der Waals surface area contributed by atoms with Gasteiger partial charge in [0.05, 0.1) is 5.69 Å². The van der Waals surface area contributed by atoms with E-state index in [2.05, 4.69) is 34.5 Å². The molecule has 1 aliphatic carbocycles. The van der Waals surface area contributed by atoms with E-state index < -0.39 is 0 Å². The highest BCUT2D eigenvalue weighted by Gasteiger charge is 2.27. The van der Waals surface area contributed by atoms with Gasteiger partial charge in [-0.15, -0.1) is 0 Å². The fourth-order valence-electron chi connectivity index (χ4n) is 2.13. The molecule has 0 unspecified atom stereocenters. The molecule has 1 saturated carbocycles. The van der Waals surface area contributed by atoms with Crippen molar-refractivity contribution in [1.29, 1.82) is 0 Å². The summed E-state index contributed by atoms with van der Waals surface area (Å²) in [6.07, 6.45) is 3.45. The number of rotatable bonds is 5. The van der Waals surface area contributed by atoms with Crippen LogP contribution in [-0.4, -0.2) is 27.7 Å². The second-order valence-corrected chi connectivity index (χ2v) is 4.82. The number of hydrogen-bond donors (Lipinski definition) is 2. The minimum Gasteiger partial charge on any atom is -0.369 e. The first kappa shape index (κ1) is 11.5. The number of nitrogens with one attached hydrogen (secondary N) is 1. The Morgan fingerprint density at radius 2 is 2.28 bits per heavy atom. The third-order valence-corrected chi connectivity index (χ3v) is 3.31. The molecule has 1 fully saturated rings. The van der Waals surface area contributed by atoms with E-state index in [1.807, 2.05) is 4.52 Å². The zero-order valence-electron chi connectivity index (χ0n) is 10.7. The van der Waals surface area contributed by atoms with Crippen LogP contribution in [0.4, 0.5) is 5.82 Å². The topological polar surface area (TPSA) is 68.2 Å². The van der Waals surface area contributed by atoms with E-state index in [0.29, 0.717) is 12.5 Å². The van der Waals surface area contributed by atoms with E-state index in [1.54, 1.807) is 0 Å². The molecule has 0 saturated heterocycles. The number of anilines is 1. The van der Waals surface area contributed by atoms with Gasteiger partial charge in [0.25, 0.3) is 0 Å². The van der Waals surface area contributed by atoms with Crippen LogP contribution in [0.25, 0.3) is 5.65 Å². The van der Waals surface area contributed by atoms with E-state index in [-0.39, 0.29) is 0 Å². The lowest BCUT2D eigenvalue weighted by Crippen LogP contribution is -2.16. The molecule has 2 heterocycles. The highest BCUT2D eigenvalue weighted by molar-refractivity contribution is 5.51. The van der Waals surface area contributed by atoms with Crippen molar-refractivity contribution in [2.75, 3.05) is 18.4 Å². The predicted molar refractivity (Wildman–Crippen MR) is 71.9 cm³/mol. The Labute approximate surface area is 106 Å². The second kappa shape index (κ2) is 4.57. The Bertz CT molecular complexity index is 556. The van der Waals surface area contributed by atoms with Gasteiger partial charge in [0.2, 0.25) is 0 Å². The van der Waals surface area contributed by atoms with Gasteiger partial charge in [-0.3, -0.25) is 0 Å². The van der Waals surface area contributed by atoms with E-state index >= 15 is 0 Å². The van der Waals surface area contributed by atoms with Gasteiger partial charge in [-0.1, -0.05) is 6.92 Å². The molecule has 0 atom stereocenters. The van der Waals surface area contributed by atoms with Gasteiger partial charge in [-0.25, -0.2) is 4.98 Å². The number of nitrogens with zero attached hydrogens (tertiary/aromatic N) is 3. The van der Waals surface area contributed by atoms with Crippen molar-refractivity contribution in [3.8, 4) is 0 Å². The summed E-state index contributed by atoms with van der Waals surface area (Å²) in [4.78, 5) is 4.62. The Morgan fingerprint density at radius 1 is 1.44 bits per heavy atom. The molecule has 0 radical (unpaired) electrons. The molecular weight excluding hydrogens is 226 g/mol. The molecule has 5 nitrogen and oxygen atoms in total. The molecule has 2 aromatic heterocycles. The summed E-state index contributed by atoms with van der Waals surface area (Å²) < 4.78 is 1.91. The summed E-state index contributed by atoms with van der Waals surface area (Å²) in [6.45, 7) is 3.48. The molecule has 0 aromatic carbocycles. The quantitative estimate of drug-likeness (QED) is 0.838. The van der Waals surface area contributed by atoms with Crippen LogP contribution in [0.5, 0.6) is 0 Å². The van der Waals surface area contributed by atoms with Crippen LogP contribution in [0, 0.1) is 0 Å². The van der Waals surface area contributed by atoms with E-state index in [9.17, 15) is 0 Å². The zero-order valence-corrected chi connectivity index (χ0v) is 10.7. The number of aromatic nitrogens is 3. The number of nitrogens with two attached hydrogens (primary N) is 1. The Morgan fingerprint density at radius 3 is 2.94 bits per heavy atom. The minimum atomic E-state index is 0.613. The molecule has 96 valence electrons. The molecule has 3 N–H and O–H groups in total. The summed E-state index contributed by atoms with van der Waals surface area (Å²) in [6, 6.07) is 4.18. The fraction of sp³-hybridized carbons (Fsp3) is 0.538. The van der Waals surface area contributed by atoms with E-state index in [0.717, 1.165) is 30.1 Å². The summed E-state index contributed by atoms with van der Waals surface area (Å²) in [5.41, 5.74) is 8.75. The lowest BCUT2D eigenvalue weighted by atomic mass is 10.3. The van der Waals surface area contributed by atoms with Crippen molar-refractivity contribution in [1.82, 2.24) is 14.6 Å². The van der Waals surface area contributed by atoms with Crippen molar-refractivity contribution in [3.05, 3.63) is 23.5 Å². The maximum atomic E-state index is 5.55. The standard InChI is InChI=1S/C13H19N5/c1-2-10-7-12(15-6-5-14)18-13(16-10)8-11(17-18)9-3-4-9/h7-9,15H,2-6,14H2,1H3. The van der Waals surface area contributed by atoms with Crippen LogP contribution in [0.1, 0.15) is 37.1 Å². The molecule has 2 aromatic rings. The predicted octanol–water partition coefficient (Wildman–Crippen LogP) is 1.54. The van der Waals surface area contributed by atoms with Crippen molar-refractivity contribution in [2.45, 2.75) is 32.1 Å². The van der Waals surface area contributed by atoms with E-state index in [4.69, 9.17) is 5.73 Å².